The van der Waals surface area contributed by atoms with E-state index in [1.807, 2.05) is 38.1 Å². The highest BCUT2D eigenvalue weighted by Crippen LogP contribution is 2.27. The normalized spacial score (nSPS) is 10.3. The molecule has 21 heavy (non-hydrogen) atoms. The molecule has 0 spiro atoms. The number of nitrogens with one attached hydrogen (secondary N) is 1. The Kier molecular flexibility index (Phi) is 5.26. The van der Waals surface area contributed by atoms with Crippen molar-refractivity contribution in [3.05, 3.63) is 57.0 Å². The molecule has 0 aliphatic heterocycles. The molecule has 0 unspecified atom stereocenters. The van der Waals surface area contributed by atoms with Gasteiger partial charge in [-0.3, -0.25) is 4.79 Å². The average Bonchev–Trinajstić information content (AvgIpc) is 2.42. The largest absolute Gasteiger partial charge is 0.482 e. The summed E-state index contributed by atoms with van der Waals surface area (Å²) in [5.74, 6) is 0.257. The van der Waals surface area contributed by atoms with Crippen LogP contribution in [0.1, 0.15) is 11.1 Å². The molecule has 0 fully saturated rings. The highest BCUT2D eigenvalue weighted by atomic mass is 79.9. The van der Waals surface area contributed by atoms with E-state index in [-0.39, 0.29) is 12.5 Å². The highest BCUT2D eigenvalue weighted by molar-refractivity contribution is 9.10. The van der Waals surface area contributed by atoms with Crippen LogP contribution in [-0.2, 0) is 4.79 Å². The van der Waals surface area contributed by atoms with Crippen molar-refractivity contribution in [2.45, 2.75) is 13.8 Å². The molecule has 2 aromatic carbocycles. The minimum absolute atomic E-state index is 0.0890. The third-order valence-corrected chi connectivity index (χ3v) is 3.83. The minimum atomic E-state index is -0.225. The van der Waals surface area contributed by atoms with E-state index in [2.05, 4.69) is 21.2 Å². The zero-order chi connectivity index (χ0) is 15.4. The Morgan fingerprint density at radius 1 is 1.19 bits per heavy atom. The molecule has 0 aromatic heterocycles. The minimum Gasteiger partial charge on any atom is -0.482 e. The Labute approximate surface area is 137 Å². The topological polar surface area (TPSA) is 38.3 Å². The summed E-state index contributed by atoms with van der Waals surface area (Å²) in [7, 11) is 0. The number of rotatable bonds is 4. The lowest BCUT2D eigenvalue weighted by Gasteiger charge is -2.10. The monoisotopic (exact) mass is 367 g/mol. The zero-order valence-electron chi connectivity index (χ0n) is 11.7. The van der Waals surface area contributed by atoms with Gasteiger partial charge in [0.1, 0.15) is 5.75 Å². The van der Waals surface area contributed by atoms with Gasteiger partial charge in [0.15, 0.2) is 6.61 Å². The van der Waals surface area contributed by atoms with Gasteiger partial charge in [0, 0.05) is 10.2 Å². The van der Waals surface area contributed by atoms with Gasteiger partial charge in [-0.15, -0.1) is 0 Å². The molecule has 0 aliphatic rings. The standard InChI is InChI=1S/C16H15BrClNO2/c1-10-3-5-13(7-11(10)2)19-16(20)9-21-15-6-4-12(17)8-14(15)18/h3-8H,9H2,1-2H3,(H,19,20). The van der Waals surface area contributed by atoms with E-state index in [1.165, 1.54) is 5.56 Å². The number of anilines is 1. The number of aryl methyl sites for hydroxylation is 2. The number of halogens is 2. The van der Waals surface area contributed by atoms with E-state index in [1.54, 1.807) is 12.1 Å². The molecule has 0 heterocycles. The van der Waals surface area contributed by atoms with Gasteiger partial charge in [-0.1, -0.05) is 33.6 Å². The van der Waals surface area contributed by atoms with Crippen LogP contribution in [0.2, 0.25) is 5.02 Å². The average molecular weight is 369 g/mol. The lowest BCUT2D eigenvalue weighted by molar-refractivity contribution is -0.118. The number of benzene rings is 2. The molecule has 110 valence electrons. The summed E-state index contributed by atoms with van der Waals surface area (Å²) in [6.07, 6.45) is 0. The van der Waals surface area contributed by atoms with Gasteiger partial charge in [-0.25, -0.2) is 0 Å². The number of hydrogen-bond acceptors (Lipinski definition) is 2. The van der Waals surface area contributed by atoms with E-state index < -0.39 is 0 Å². The van der Waals surface area contributed by atoms with E-state index in [4.69, 9.17) is 16.3 Å². The van der Waals surface area contributed by atoms with Crippen molar-refractivity contribution in [1.29, 1.82) is 0 Å². The van der Waals surface area contributed by atoms with Gasteiger partial charge in [0.2, 0.25) is 0 Å². The van der Waals surface area contributed by atoms with Crippen LogP contribution in [0.3, 0.4) is 0 Å². The van der Waals surface area contributed by atoms with Crippen LogP contribution in [0.15, 0.2) is 40.9 Å². The van der Waals surface area contributed by atoms with Gasteiger partial charge < -0.3 is 10.1 Å². The first kappa shape index (κ1) is 15.9. The quantitative estimate of drug-likeness (QED) is 0.846. The fourth-order valence-corrected chi connectivity index (χ4v) is 2.48. The van der Waals surface area contributed by atoms with Gasteiger partial charge in [-0.2, -0.15) is 0 Å². The van der Waals surface area contributed by atoms with E-state index in [9.17, 15) is 4.79 Å². The molecular weight excluding hydrogens is 354 g/mol. The lowest BCUT2D eigenvalue weighted by atomic mass is 10.1. The second kappa shape index (κ2) is 6.96. The first-order chi connectivity index (χ1) is 9.95. The van der Waals surface area contributed by atoms with Crippen LogP contribution in [0.4, 0.5) is 5.69 Å². The molecule has 1 amide bonds. The van der Waals surface area contributed by atoms with E-state index >= 15 is 0 Å². The number of amides is 1. The van der Waals surface area contributed by atoms with Crippen LogP contribution < -0.4 is 10.1 Å². The highest BCUT2D eigenvalue weighted by Gasteiger charge is 2.07. The van der Waals surface area contributed by atoms with Crippen LogP contribution in [0.25, 0.3) is 0 Å². The Morgan fingerprint density at radius 3 is 2.62 bits per heavy atom. The number of carbonyl (C=O) groups excluding carboxylic acids is 1. The summed E-state index contributed by atoms with van der Waals surface area (Å²) in [6, 6.07) is 11.0. The fraction of sp³-hybridized carbons (Fsp3) is 0.188. The first-order valence-corrected chi connectivity index (χ1v) is 7.58. The lowest BCUT2D eigenvalue weighted by Crippen LogP contribution is -2.20. The Hall–Kier alpha value is -1.52. The molecule has 0 saturated heterocycles. The van der Waals surface area contributed by atoms with Crippen molar-refractivity contribution in [3.63, 3.8) is 0 Å². The second-order valence-corrected chi connectivity index (χ2v) is 6.03. The van der Waals surface area contributed by atoms with Gasteiger partial charge in [-0.05, 0) is 55.3 Å². The molecule has 2 rings (SSSR count). The zero-order valence-corrected chi connectivity index (χ0v) is 14.1. The van der Waals surface area contributed by atoms with Gasteiger partial charge in [0.25, 0.3) is 5.91 Å². The summed E-state index contributed by atoms with van der Waals surface area (Å²) in [4.78, 5) is 11.9. The predicted octanol–water partition coefficient (Wildman–Crippen LogP) is 4.74. The van der Waals surface area contributed by atoms with Crippen LogP contribution in [0, 0.1) is 13.8 Å². The first-order valence-electron chi connectivity index (χ1n) is 6.40. The molecule has 0 saturated carbocycles. The Morgan fingerprint density at radius 2 is 1.95 bits per heavy atom. The summed E-state index contributed by atoms with van der Waals surface area (Å²) >= 11 is 9.34. The van der Waals surface area contributed by atoms with Crippen molar-refractivity contribution >= 4 is 39.1 Å². The van der Waals surface area contributed by atoms with Crippen molar-refractivity contribution in [2.24, 2.45) is 0 Å². The molecule has 0 atom stereocenters. The second-order valence-electron chi connectivity index (χ2n) is 4.71. The molecule has 2 aromatic rings. The van der Waals surface area contributed by atoms with Crippen LogP contribution in [-0.4, -0.2) is 12.5 Å². The Balaban J connectivity index is 1.94. The third-order valence-electron chi connectivity index (χ3n) is 3.04. The van der Waals surface area contributed by atoms with E-state index in [0.717, 1.165) is 15.7 Å². The smallest absolute Gasteiger partial charge is 0.262 e. The predicted molar refractivity (Wildman–Crippen MR) is 89.2 cm³/mol. The number of ether oxygens (including phenoxy) is 1. The molecule has 0 aliphatic carbocycles. The molecule has 0 radical (unpaired) electrons. The maximum Gasteiger partial charge on any atom is 0.262 e. The van der Waals surface area contributed by atoms with E-state index in [0.29, 0.717) is 10.8 Å². The summed E-state index contributed by atoms with van der Waals surface area (Å²) in [5, 5.41) is 3.26. The fourth-order valence-electron chi connectivity index (χ4n) is 1.75. The molecular formula is C16H15BrClNO2. The molecule has 5 heteroatoms. The van der Waals surface area contributed by atoms with Crippen molar-refractivity contribution in [1.82, 2.24) is 0 Å². The summed E-state index contributed by atoms with van der Waals surface area (Å²) in [5.41, 5.74) is 3.07. The van der Waals surface area contributed by atoms with Gasteiger partial charge >= 0.3 is 0 Å². The van der Waals surface area contributed by atoms with Gasteiger partial charge in [0.05, 0.1) is 5.02 Å². The SMILES string of the molecule is Cc1ccc(NC(=O)COc2ccc(Br)cc2Cl)cc1C. The van der Waals surface area contributed by atoms with Crippen LogP contribution in [0.5, 0.6) is 5.75 Å². The molecule has 0 bridgehead atoms. The Bertz CT molecular complexity index is 673. The summed E-state index contributed by atoms with van der Waals surface area (Å²) in [6.45, 7) is 3.94. The van der Waals surface area contributed by atoms with Crippen molar-refractivity contribution in [2.75, 3.05) is 11.9 Å². The third kappa shape index (κ3) is 4.48. The van der Waals surface area contributed by atoms with Crippen LogP contribution >= 0.6 is 27.5 Å². The number of carbonyl (C=O) groups is 1. The van der Waals surface area contributed by atoms with Crippen molar-refractivity contribution in [3.8, 4) is 5.75 Å². The maximum atomic E-state index is 11.9. The molecule has 1 N–H and O–H groups in total. The summed E-state index contributed by atoms with van der Waals surface area (Å²) < 4.78 is 6.28. The van der Waals surface area contributed by atoms with Crippen molar-refractivity contribution < 1.29 is 9.53 Å². The number of hydrogen-bond donors (Lipinski definition) is 1. The molecule has 3 nitrogen and oxygen atoms in total. The maximum absolute atomic E-state index is 11.9.